The van der Waals surface area contributed by atoms with Crippen LogP contribution in [0.15, 0.2) is 53.5 Å². The van der Waals surface area contributed by atoms with Crippen LogP contribution in [0.25, 0.3) is 0 Å². The van der Waals surface area contributed by atoms with Gasteiger partial charge in [-0.3, -0.25) is 4.79 Å². The molecule has 0 saturated heterocycles. The Labute approximate surface area is 201 Å². The molecule has 2 aromatic rings. The van der Waals surface area contributed by atoms with Gasteiger partial charge < -0.3 is 25.8 Å². The molecule has 0 spiro atoms. The Balaban J connectivity index is 0.00000480. The van der Waals surface area contributed by atoms with Gasteiger partial charge >= 0.3 is 0 Å². The molecule has 4 N–H and O–H groups in total. The Kier molecular flexibility index (Phi) is 12.4. The van der Waals surface area contributed by atoms with Crippen molar-refractivity contribution in [1.29, 1.82) is 0 Å². The van der Waals surface area contributed by atoms with Gasteiger partial charge in [0, 0.05) is 13.1 Å². The van der Waals surface area contributed by atoms with E-state index in [-0.39, 0.29) is 30.6 Å². The number of nitrogens with one attached hydrogen (secondary N) is 2. The van der Waals surface area contributed by atoms with E-state index in [4.69, 9.17) is 15.2 Å². The van der Waals surface area contributed by atoms with Crippen molar-refractivity contribution in [2.24, 2.45) is 10.7 Å². The van der Waals surface area contributed by atoms with Crippen molar-refractivity contribution in [2.75, 3.05) is 26.8 Å². The number of rotatable bonds is 11. The summed E-state index contributed by atoms with van der Waals surface area (Å²) in [4.78, 5) is 15.5. The zero-order valence-corrected chi connectivity index (χ0v) is 20.7. The van der Waals surface area contributed by atoms with Gasteiger partial charge in [0.15, 0.2) is 12.6 Å². The van der Waals surface area contributed by atoms with E-state index >= 15 is 0 Å². The van der Waals surface area contributed by atoms with E-state index in [1.807, 2.05) is 37.3 Å². The van der Waals surface area contributed by atoms with Gasteiger partial charge in [-0.25, -0.2) is 4.99 Å². The van der Waals surface area contributed by atoms with Gasteiger partial charge in [0.25, 0.3) is 5.91 Å². The van der Waals surface area contributed by atoms with Crippen LogP contribution in [-0.4, -0.2) is 38.7 Å². The molecular formula is C23H33IN4O3. The molecule has 0 aromatic heterocycles. The lowest BCUT2D eigenvalue weighted by Gasteiger charge is -2.15. The largest absolute Gasteiger partial charge is 0.497 e. The summed E-state index contributed by atoms with van der Waals surface area (Å²) in [5, 5.41) is 6.66. The molecule has 0 fully saturated rings. The number of nitrogens with two attached hydrogens (primary N) is 1. The minimum Gasteiger partial charge on any atom is -0.497 e. The molecule has 2 rings (SSSR count). The fraction of sp³-hybridized carbons (Fsp3) is 0.391. The van der Waals surface area contributed by atoms with E-state index < -0.39 is 5.91 Å². The van der Waals surface area contributed by atoms with Crippen molar-refractivity contribution >= 4 is 35.8 Å². The smallest absolute Gasteiger partial charge is 0.255 e. The minimum atomic E-state index is -0.499. The van der Waals surface area contributed by atoms with Crippen molar-refractivity contribution < 1.29 is 14.3 Å². The first kappa shape index (κ1) is 26.5. The molecule has 0 saturated carbocycles. The van der Waals surface area contributed by atoms with Gasteiger partial charge in [-0.1, -0.05) is 31.2 Å². The van der Waals surface area contributed by atoms with Gasteiger partial charge in [0.05, 0.1) is 13.7 Å². The Hall–Kier alpha value is -2.49. The van der Waals surface area contributed by atoms with Crippen LogP contribution in [0.1, 0.15) is 37.3 Å². The van der Waals surface area contributed by atoms with Crippen LogP contribution in [-0.2, 0) is 11.3 Å². The number of carbonyl (C=O) groups excluding carboxylic acids is 1. The maximum absolute atomic E-state index is 10.9. The van der Waals surface area contributed by atoms with E-state index in [2.05, 4.69) is 34.7 Å². The van der Waals surface area contributed by atoms with Crippen LogP contribution >= 0.6 is 24.0 Å². The average Bonchev–Trinajstić information content (AvgIpc) is 2.76. The van der Waals surface area contributed by atoms with Crippen LogP contribution in [0.2, 0.25) is 0 Å². The van der Waals surface area contributed by atoms with Gasteiger partial charge in [-0.2, -0.15) is 0 Å². The van der Waals surface area contributed by atoms with Crippen molar-refractivity contribution in [1.82, 2.24) is 10.6 Å². The topological polar surface area (TPSA) is 98.0 Å². The molecule has 8 heteroatoms. The normalized spacial score (nSPS) is 11.8. The van der Waals surface area contributed by atoms with Crippen LogP contribution in [0.5, 0.6) is 11.5 Å². The first-order chi connectivity index (χ1) is 14.5. The molecule has 1 atom stereocenters. The molecule has 0 aliphatic heterocycles. The van der Waals surface area contributed by atoms with Crippen LogP contribution in [0.4, 0.5) is 0 Å². The third-order valence-corrected chi connectivity index (χ3v) is 4.60. The zero-order valence-electron chi connectivity index (χ0n) is 18.4. The molecule has 0 radical (unpaired) electrons. The number of guanidine groups is 1. The van der Waals surface area contributed by atoms with E-state index in [9.17, 15) is 4.79 Å². The zero-order chi connectivity index (χ0) is 21.8. The number of halogens is 1. The van der Waals surface area contributed by atoms with E-state index in [1.165, 1.54) is 5.56 Å². The Morgan fingerprint density at radius 2 is 1.87 bits per heavy atom. The Morgan fingerprint density at radius 3 is 2.52 bits per heavy atom. The molecule has 0 aliphatic rings. The number of hydrogen-bond acceptors (Lipinski definition) is 4. The number of ether oxygens (including phenoxy) is 2. The van der Waals surface area contributed by atoms with Crippen molar-refractivity contribution in [2.45, 2.75) is 32.7 Å². The fourth-order valence-electron chi connectivity index (χ4n) is 2.91. The molecule has 1 unspecified atom stereocenters. The summed E-state index contributed by atoms with van der Waals surface area (Å²) < 4.78 is 10.6. The number of methoxy groups -OCH3 is 1. The third-order valence-electron chi connectivity index (χ3n) is 4.60. The molecule has 0 heterocycles. The first-order valence-electron chi connectivity index (χ1n) is 10.2. The summed E-state index contributed by atoms with van der Waals surface area (Å²) in [5.74, 6) is 2.16. The highest BCUT2D eigenvalue weighted by atomic mass is 127. The van der Waals surface area contributed by atoms with E-state index in [1.54, 1.807) is 13.2 Å². The maximum atomic E-state index is 10.9. The molecular weight excluding hydrogens is 507 g/mol. The summed E-state index contributed by atoms with van der Waals surface area (Å²) in [6.07, 6.45) is 0.979. The summed E-state index contributed by atoms with van der Waals surface area (Å²) in [5.41, 5.74) is 7.39. The second kappa shape index (κ2) is 14.5. The predicted molar refractivity (Wildman–Crippen MR) is 135 cm³/mol. The maximum Gasteiger partial charge on any atom is 0.255 e. The molecule has 2 aromatic carbocycles. The average molecular weight is 540 g/mol. The monoisotopic (exact) mass is 540 g/mol. The molecule has 1 amide bonds. The second-order valence-electron chi connectivity index (χ2n) is 6.99. The minimum absolute atomic E-state index is 0. The first-order valence-corrected chi connectivity index (χ1v) is 10.2. The lowest BCUT2D eigenvalue weighted by molar-refractivity contribution is -0.119. The molecule has 0 aliphatic carbocycles. The highest BCUT2D eigenvalue weighted by Crippen LogP contribution is 2.21. The molecule has 31 heavy (non-hydrogen) atoms. The van der Waals surface area contributed by atoms with Crippen LogP contribution in [0.3, 0.4) is 0 Å². The summed E-state index contributed by atoms with van der Waals surface area (Å²) in [6.45, 7) is 6.20. The second-order valence-corrected chi connectivity index (χ2v) is 6.99. The van der Waals surface area contributed by atoms with Gasteiger partial charge in [0.2, 0.25) is 0 Å². The number of aliphatic imine (C=N–C) groups is 1. The fourth-order valence-corrected chi connectivity index (χ4v) is 2.91. The Bertz CT molecular complexity index is 828. The van der Waals surface area contributed by atoms with Crippen LogP contribution in [0, 0.1) is 0 Å². The predicted octanol–water partition coefficient (Wildman–Crippen LogP) is 3.43. The van der Waals surface area contributed by atoms with Gasteiger partial charge in [0.1, 0.15) is 11.5 Å². The van der Waals surface area contributed by atoms with Gasteiger partial charge in [-0.05, 0) is 54.7 Å². The van der Waals surface area contributed by atoms with E-state index in [0.29, 0.717) is 18.2 Å². The number of amides is 1. The summed E-state index contributed by atoms with van der Waals surface area (Å²) in [6, 6.07) is 15.7. The standard InChI is InChI=1S/C23H32N4O3.HI/c1-4-25-23(26-13-12-17(2)19-8-10-20(29-3)11-9-19)27-15-18-6-5-7-21(14-18)30-16-22(24)28;/h5-11,14,17H,4,12-13,15-16H2,1-3H3,(H2,24,28)(H2,25,26,27);1H. The highest BCUT2D eigenvalue weighted by molar-refractivity contribution is 14.0. The quantitative estimate of drug-likeness (QED) is 0.231. The number of hydrogen-bond donors (Lipinski definition) is 3. The highest BCUT2D eigenvalue weighted by Gasteiger charge is 2.07. The molecule has 0 bridgehead atoms. The molecule has 170 valence electrons. The van der Waals surface area contributed by atoms with Crippen molar-refractivity contribution in [3.05, 3.63) is 59.7 Å². The lowest BCUT2D eigenvalue weighted by atomic mass is 9.98. The Morgan fingerprint density at radius 1 is 1.13 bits per heavy atom. The van der Waals surface area contributed by atoms with Crippen LogP contribution < -0.4 is 25.8 Å². The van der Waals surface area contributed by atoms with Crippen molar-refractivity contribution in [3.8, 4) is 11.5 Å². The SMILES string of the molecule is CCNC(=NCc1cccc(OCC(N)=O)c1)NCCC(C)c1ccc(OC)cc1.I. The van der Waals surface area contributed by atoms with Gasteiger partial charge in [-0.15, -0.1) is 24.0 Å². The number of carbonyl (C=O) groups is 1. The molecule has 7 nitrogen and oxygen atoms in total. The summed E-state index contributed by atoms with van der Waals surface area (Å²) >= 11 is 0. The number of primary amides is 1. The number of benzene rings is 2. The lowest BCUT2D eigenvalue weighted by Crippen LogP contribution is -2.38. The van der Waals surface area contributed by atoms with E-state index in [0.717, 1.165) is 36.8 Å². The van der Waals surface area contributed by atoms with Crippen molar-refractivity contribution in [3.63, 3.8) is 0 Å². The number of nitrogens with zero attached hydrogens (tertiary/aromatic N) is 1. The third kappa shape index (κ3) is 9.91. The summed E-state index contributed by atoms with van der Waals surface area (Å²) in [7, 11) is 1.67.